The van der Waals surface area contributed by atoms with Crippen LogP contribution in [0.2, 0.25) is 0 Å². The van der Waals surface area contributed by atoms with E-state index < -0.39 is 0 Å². The van der Waals surface area contributed by atoms with Gasteiger partial charge in [0.05, 0.1) is 38.7 Å². The first-order valence-corrected chi connectivity index (χ1v) is 12.2. The highest BCUT2D eigenvalue weighted by Gasteiger charge is 2.18. The first-order chi connectivity index (χ1) is 16.7. The van der Waals surface area contributed by atoms with Gasteiger partial charge in [0.2, 0.25) is 0 Å². The minimum absolute atomic E-state index is 0.310. The molecule has 2 saturated heterocycles. The van der Waals surface area contributed by atoms with E-state index in [4.69, 9.17) is 24.2 Å². The predicted molar refractivity (Wildman–Crippen MR) is 129 cm³/mol. The van der Waals surface area contributed by atoms with Crippen molar-refractivity contribution in [1.82, 2.24) is 14.9 Å². The Morgan fingerprint density at radius 3 is 2.59 bits per heavy atom. The fraction of sp³-hybridized carbons (Fsp3) is 0.560. The summed E-state index contributed by atoms with van der Waals surface area (Å²) in [5.41, 5.74) is 4.21. The maximum Gasteiger partial charge on any atom is 0.318 e. The average molecular weight is 468 g/mol. The van der Waals surface area contributed by atoms with Crippen molar-refractivity contribution in [2.45, 2.75) is 25.8 Å². The van der Waals surface area contributed by atoms with Crippen LogP contribution in [0.1, 0.15) is 29.7 Å². The van der Waals surface area contributed by atoms with Crippen molar-refractivity contribution in [2.24, 2.45) is 4.99 Å². The number of rotatable bonds is 7. The van der Waals surface area contributed by atoms with E-state index in [1.807, 2.05) is 18.2 Å². The maximum atomic E-state index is 9.83. The fourth-order valence-corrected chi connectivity index (χ4v) is 4.64. The van der Waals surface area contributed by atoms with E-state index >= 15 is 0 Å². The largest absolute Gasteiger partial charge is 0.508 e. The molecule has 5 rings (SSSR count). The summed E-state index contributed by atoms with van der Waals surface area (Å²) < 4.78 is 16.9. The molecule has 1 aromatic heterocycles. The third-order valence-electron chi connectivity index (χ3n) is 6.51. The number of phenols is 1. The van der Waals surface area contributed by atoms with Crippen LogP contribution in [0.5, 0.6) is 11.8 Å². The van der Waals surface area contributed by atoms with Crippen molar-refractivity contribution in [1.29, 1.82) is 0 Å². The van der Waals surface area contributed by atoms with Crippen LogP contribution in [-0.2, 0) is 22.4 Å². The Morgan fingerprint density at radius 2 is 1.76 bits per heavy atom. The molecular weight excluding hydrogens is 434 g/mol. The second-order valence-corrected chi connectivity index (χ2v) is 8.86. The monoisotopic (exact) mass is 467 g/mol. The maximum absolute atomic E-state index is 9.83. The highest BCUT2D eigenvalue weighted by molar-refractivity contribution is 6.02. The SMILES string of the molecule is Oc1ccc2c(c1)CCCC2=NCc1cc(N2CCOCC2)nc(OCCN2CCOCC2)n1. The molecule has 2 aliphatic heterocycles. The van der Waals surface area contributed by atoms with E-state index in [0.29, 0.717) is 38.1 Å². The normalized spacial score (nSPS) is 20.4. The minimum Gasteiger partial charge on any atom is -0.508 e. The number of aryl methyl sites for hydroxylation is 1. The van der Waals surface area contributed by atoms with Crippen molar-refractivity contribution < 1.29 is 19.3 Å². The number of aromatic nitrogens is 2. The molecular formula is C25H33N5O4. The molecule has 0 bridgehead atoms. The van der Waals surface area contributed by atoms with Gasteiger partial charge < -0.3 is 24.2 Å². The van der Waals surface area contributed by atoms with Crippen LogP contribution >= 0.6 is 0 Å². The van der Waals surface area contributed by atoms with Gasteiger partial charge in [-0.15, -0.1) is 0 Å². The van der Waals surface area contributed by atoms with Gasteiger partial charge >= 0.3 is 6.01 Å². The number of hydrogen-bond donors (Lipinski definition) is 1. The van der Waals surface area contributed by atoms with Crippen molar-refractivity contribution in [3.05, 3.63) is 41.1 Å². The lowest BCUT2D eigenvalue weighted by atomic mass is 9.90. The Labute approximate surface area is 200 Å². The average Bonchev–Trinajstić information content (AvgIpc) is 2.88. The molecule has 0 spiro atoms. The van der Waals surface area contributed by atoms with Crippen LogP contribution in [0.15, 0.2) is 29.3 Å². The Morgan fingerprint density at radius 1 is 0.971 bits per heavy atom. The number of hydrogen-bond acceptors (Lipinski definition) is 9. The molecule has 1 aromatic carbocycles. The lowest BCUT2D eigenvalue weighted by Crippen LogP contribution is -2.39. The number of ether oxygens (including phenoxy) is 3. The van der Waals surface area contributed by atoms with Gasteiger partial charge in [-0.1, -0.05) is 0 Å². The Kier molecular flexibility index (Phi) is 7.52. The van der Waals surface area contributed by atoms with Gasteiger partial charge in [0.15, 0.2) is 0 Å². The number of nitrogens with zero attached hydrogens (tertiary/aromatic N) is 5. The van der Waals surface area contributed by atoms with Crippen LogP contribution in [0.4, 0.5) is 5.82 Å². The zero-order valence-corrected chi connectivity index (χ0v) is 19.6. The zero-order valence-electron chi connectivity index (χ0n) is 19.6. The van der Waals surface area contributed by atoms with Gasteiger partial charge in [0.25, 0.3) is 0 Å². The summed E-state index contributed by atoms with van der Waals surface area (Å²) in [7, 11) is 0. The summed E-state index contributed by atoms with van der Waals surface area (Å²) in [5.74, 6) is 1.17. The Hall–Kier alpha value is -2.75. The van der Waals surface area contributed by atoms with Crippen LogP contribution in [-0.4, -0.2) is 91.4 Å². The molecule has 34 heavy (non-hydrogen) atoms. The number of aliphatic imine (C=N–C) groups is 1. The summed E-state index contributed by atoms with van der Waals surface area (Å²) in [6.45, 7) is 8.23. The molecule has 3 aliphatic rings. The van der Waals surface area contributed by atoms with E-state index in [2.05, 4.69) is 14.8 Å². The number of aromatic hydroxyl groups is 1. The number of morpholine rings is 2. The van der Waals surface area contributed by atoms with Crippen LogP contribution < -0.4 is 9.64 Å². The fourth-order valence-electron chi connectivity index (χ4n) is 4.64. The molecule has 2 aromatic rings. The third kappa shape index (κ3) is 5.84. The molecule has 3 heterocycles. The molecule has 0 radical (unpaired) electrons. The molecule has 2 fully saturated rings. The summed E-state index contributed by atoms with van der Waals surface area (Å²) in [4.78, 5) is 18.9. The quantitative estimate of drug-likeness (QED) is 0.662. The van der Waals surface area contributed by atoms with Gasteiger partial charge in [0.1, 0.15) is 18.2 Å². The molecule has 9 heteroatoms. The number of anilines is 1. The van der Waals surface area contributed by atoms with Crippen LogP contribution in [0, 0.1) is 0 Å². The van der Waals surface area contributed by atoms with Crippen molar-refractivity contribution >= 4 is 11.5 Å². The van der Waals surface area contributed by atoms with Gasteiger partial charge in [-0.3, -0.25) is 9.89 Å². The molecule has 182 valence electrons. The van der Waals surface area contributed by atoms with Crippen molar-refractivity contribution in [3.8, 4) is 11.8 Å². The molecule has 0 atom stereocenters. The molecule has 0 unspecified atom stereocenters. The molecule has 9 nitrogen and oxygen atoms in total. The molecule has 1 N–H and O–H groups in total. The smallest absolute Gasteiger partial charge is 0.318 e. The van der Waals surface area contributed by atoms with Crippen molar-refractivity contribution in [3.63, 3.8) is 0 Å². The summed E-state index contributed by atoms with van der Waals surface area (Å²) in [6, 6.07) is 7.99. The van der Waals surface area contributed by atoms with E-state index in [9.17, 15) is 5.11 Å². The number of fused-ring (bicyclic) bond motifs is 1. The lowest BCUT2D eigenvalue weighted by molar-refractivity contribution is 0.0317. The van der Waals surface area contributed by atoms with Crippen LogP contribution in [0.25, 0.3) is 0 Å². The topological polar surface area (TPSA) is 92.5 Å². The zero-order chi connectivity index (χ0) is 23.2. The summed E-state index contributed by atoms with van der Waals surface area (Å²) in [6.07, 6.45) is 2.94. The Balaban J connectivity index is 1.32. The third-order valence-corrected chi connectivity index (χ3v) is 6.51. The highest BCUT2D eigenvalue weighted by atomic mass is 16.5. The Bertz CT molecular complexity index is 1000. The number of phenolic OH excluding ortho intramolecular Hbond substituents is 1. The summed E-state index contributed by atoms with van der Waals surface area (Å²) in [5, 5.41) is 9.83. The predicted octanol–water partition coefficient (Wildman–Crippen LogP) is 2.06. The van der Waals surface area contributed by atoms with E-state index in [1.54, 1.807) is 6.07 Å². The van der Waals surface area contributed by atoms with E-state index in [-0.39, 0.29) is 0 Å². The molecule has 1 aliphatic carbocycles. The standard InChI is InChI=1S/C25H33N5O4/c31-21-4-5-22-19(16-21)2-1-3-23(22)26-18-20-17-24(30-9-13-33-14-10-30)28-25(27-20)34-15-8-29-6-11-32-12-7-29/h4-5,16-17,31H,1-3,6-15,18H2. The summed E-state index contributed by atoms with van der Waals surface area (Å²) >= 11 is 0. The van der Waals surface area contributed by atoms with E-state index in [1.165, 1.54) is 0 Å². The molecule has 0 saturated carbocycles. The van der Waals surface area contributed by atoms with Gasteiger partial charge in [0, 0.05) is 44.5 Å². The first-order valence-electron chi connectivity index (χ1n) is 12.2. The van der Waals surface area contributed by atoms with Gasteiger partial charge in [-0.2, -0.15) is 9.97 Å². The second kappa shape index (κ2) is 11.1. The molecule has 0 amide bonds. The minimum atomic E-state index is 0.310. The van der Waals surface area contributed by atoms with Gasteiger partial charge in [-0.25, -0.2) is 0 Å². The second-order valence-electron chi connectivity index (χ2n) is 8.86. The highest BCUT2D eigenvalue weighted by Crippen LogP contribution is 2.26. The van der Waals surface area contributed by atoms with Crippen LogP contribution in [0.3, 0.4) is 0 Å². The lowest BCUT2D eigenvalue weighted by Gasteiger charge is -2.28. The van der Waals surface area contributed by atoms with Crippen molar-refractivity contribution in [2.75, 3.05) is 70.7 Å². The van der Waals surface area contributed by atoms with Gasteiger partial charge in [-0.05, 0) is 48.6 Å². The first kappa shape index (κ1) is 23.0. The number of benzene rings is 1. The van der Waals surface area contributed by atoms with E-state index in [0.717, 1.165) is 93.6 Å².